The van der Waals surface area contributed by atoms with Crippen molar-refractivity contribution < 1.29 is 23.7 Å². The number of methoxy groups -OCH3 is 2. The molecule has 0 fully saturated rings. The average Bonchev–Trinajstić information content (AvgIpc) is 3.08. The molecule has 2 aromatic carbocycles. The van der Waals surface area contributed by atoms with Gasteiger partial charge in [0.15, 0.2) is 11.5 Å². The number of anilines is 1. The monoisotopic (exact) mass is 363 g/mol. The van der Waals surface area contributed by atoms with Gasteiger partial charge in [-0.25, -0.2) is 0 Å². The maximum absolute atomic E-state index is 12.3. The van der Waals surface area contributed by atoms with Crippen LogP contribution in [0.3, 0.4) is 0 Å². The van der Waals surface area contributed by atoms with Gasteiger partial charge in [0.2, 0.25) is 12.7 Å². The second-order valence-corrected chi connectivity index (χ2v) is 5.83. The maximum atomic E-state index is 12.3. The molecular formula is C18H18ClNO5. The summed E-state index contributed by atoms with van der Waals surface area (Å²) in [5.74, 6) is 2.24. The summed E-state index contributed by atoms with van der Waals surface area (Å²) >= 11 is 6.06. The molecule has 1 aliphatic rings. The van der Waals surface area contributed by atoms with Gasteiger partial charge in [-0.2, -0.15) is 0 Å². The number of amides is 1. The highest BCUT2D eigenvalue weighted by molar-refractivity contribution is 6.32. The average molecular weight is 364 g/mol. The molecule has 132 valence electrons. The van der Waals surface area contributed by atoms with Crippen molar-refractivity contribution in [1.29, 1.82) is 0 Å². The highest BCUT2D eigenvalue weighted by Crippen LogP contribution is 2.36. The molecule has 0 saturated carbocycles. The van der Waals surface area contributed by atoms with E-state index in [1.54, 1.807) is 12.1 Å². The van der Waals surface area contributed by atoms with Gasteiger partial charge in [-0.1, -0.05) is 17.7 Å². The smallest absolute Gasteiger partial charge is 0.231 e. The van der Waals surface area contributed by atoms with Crippen LogP contribution < -0.4 is 24.3 Å². The van der Waals surface area contributed by atoms with Crippen molar-refractivity contribution in [3.05, 3.63) is 40.9 Å². The summed E-state index contributed by atoms with van der Waals surface area (Å²) < 4.78 is 21.0. The molecule has 7 heteroatoms. The van der Waals surface area contributed by atoms with Crippen molar-refractivity contribution in [3.63, 3.8) is 0 Å². The summed E-state index contributed by atoms with van der Waals surface area (Å²) in [4.78, 5) is 12.3. The Morgan fingerprint density at radius 1 is 1.12 bits per heavy atom. The predicted molar refractivity (Wildman–Crippen MR) is 94.1 cm³/mol. The van der Waals surface area contributed by atoms with Crippen molar-refractivity contribution in [2.75, 3.05) is 26.3 Å². The molecule has 1 amide bonds. The molecule has 0 bridgehead atoms. The predicted octanol–water partition coefficient (Wildman–Crippen LogP) is 3.66. The molecular weight excluding hydrogens is 346 g/mol. The van der Waals surface area contributed by atoms with E-state index in [0.717, 1.165) is 11.3 Å². The van der Waals surface area contributed by atoms with Gasteiger partial charge >= 0.3 is 0 Å². The van der Waals surface area contributed by atoms with Crippen LogP contribution in [-0.2, 0) is 11.2 Å². The minimum atomic E-state index is -0.139. The fourth-order valence-corrected chi connectivity index (χ4v) is 2.76. The molecule has 6 nitrogen and oxygen atoms in total. The lowest BCUT2D eigenvalue weighted by Gasteiger charge is -2.13. The van der Waals surface area contributed by atoms with Crippen LogP contribution in [-0.4, -0.2) is 26.9 Å². The summed E-state index contributed by atoms with van der Waals surface area (Å²) in [5, 5.41) is 3.24. The van der Waals surface area contributed by atoms with Crippen molar-refractivity contribution in [1.82, 2.24) is 0 Å². The van der Waals surface area contributed by atoms with Gasteiger partial charge in [-0.15, -0.1) is 0 Å². The zero-order valence-electron chi connectivity index (χ0n) is 13.9. The molecule has 25 heavy (non-hydrogen) atoms. The molecule has 3 rings (SSSR count). The van der Waals surface area contributed by atoms with Crippen LogP contribution in [0.4, 0.5) is 5.69 Å². The molecule has 0 spiro atoms. The first-order chi connectivity index (χ1) is 12.1. The summed E-state index contributed by atoms with van der Waals surface area (Å²) in [5.41, 5.74) is 1.51. The Labute approximate surface area is 150 Å². The molecule has 1 heterocycles. The van der Waals surface area contributed by atoms with Gasteiger partial charge in [0.25, 0.3) is 0 Å². The first kappa shape index (κ1) is 17.2. The standard InChI is InChI=1S/C18H18ClNO5/c1-22-15-9-13(16(23-2)8-12(15)19)20-18(21)6-4-11-3-5-14-17(7-11)25-10-24-14/h3,5,7-9H,4,6,10H2,1-2H3,(H,20,21). The van der Waals surface area contributed by atoms with E-state index in [9.17, 15) is 4.79 Å². The van der Waals surface area contributed by atoms with E-state index < -0.39 is 0 Å². The quantitative estimate of drug-likeness (QED) is 0.848. The Morgan fingerprint density at radius 3 is 2.64 bits per heavy atom. The van der Waals surface area contributed by atoms with Gasteiger partial charge < -0.3 is 24.3 Å². The van der Waals surface area contributed by atoms with Crippen molar-refractivity contribution >= 4 is 23.2 Å². The van der Waals surface area contributed by atoms with E-state index in [4.69, 9.17) is 30.5 Å². The highest BCUT2D eigenvalue weighted by Gasteiger charge is 2.15. The molecule has 1 aliphatic heterocycles. The van der Waals surface area contributed by atoms with E-state index in [2.05, 4.69) is 5.32 Å². The van der Waals surface area contributed by atoms with E-state index in [0.29, 0.717) is 40.8 Å². The van der Waals surface area contributed by atoms with Crippen LogP contribution >= 0.6 is 11.6 Å². The topological polar surface area (TPSA) is 66.0 Å². The summed E-state index contributed by atoms with van der Waals surface area (Å²) in [6.07, 6.45) is 0.892. The van der Waals surface area contributed by atoms with Gasteiger partial charge in [-0.05, 0) is 24.1 Å². The highest BCUT2D eigenvalue weighted by atomic mass is 35.5. The third kappa shape index (κ3) is 3.91. The second kappa shape index (κ2) is 7.53. The number of hydrogen-bond acceptors (Lipinski definition) is 5. The van der Waals surface area contributed by atoms with Gasteiger partial charge in [0.05, 0.1) is 24.9 Å². The number of benzene rings is 2. The van der Waals surface area contributed by atoms with E-state index in [1.165, 1.54) is 14.2 Å². The van der Waals surface area contributed by atoms with Gasteiger partial charge in [-0.3, -0.25) is 4.79 Å². The molecule has 0 radical (unpaired) electrons. The Bertz CT molecular complexity index is 793. The third-order valence-electron chi connectivity index (χ3n) is 3.83. The largest absolute Gasteiger partial charge is 0.495 e. The lowest BCUT2D eigenvalue weighted by molar-refractivity contribution is -0.116. The van der Waals surface area contributed by atoms with E-state index >= 15 is 0 Å². The van der Waals surface area contributed by atoms with Crippen LogP contribution in [0.25, 0.3) is 0 Å². The van der Waals surface area contributed by atoms with Crippen LogP contribution in [0, 0.1) is 0 Å². The van der Waals surface area contributed by atoms with Crippen LogP contribution in [0.15, 0.2) is 30.3 Å². The van der Waals surface area contributed by atoms with Gasteiger partial charge in [0.1, 0.15) is 11.5 Å². The van der Waals surface area contributed by atoms with Crippen LogP contribution in [0.1, 0.15) is 12.0 Å². The lowest BCUT2D eigenvalue weighted by Crippen LogP contribution is -2.13. The fourth-order valence-electron chi connectivity index (χ4n) is 2.53. The van der Waals surface area contributed by atoms with Gasteiger partial charge in [0, 0.05) is 18.6 Å². The number of aryl methyl sites for hydroxylation is 1. The minimum absolute atomic E-state index is 0.139. The molecule has 2 aromatic rings. The fraction of sp³-hybridized carbons (Fsp3) is 0.278. The summed E-state index contributed by atoms with van der Waals surface area (Å²) in [6, 6.07) is 8.91. The Kier molecular flexibility index (Phi) is 5.19. The number of carbonyl (C=O) groups excluding carboxylic acids is 1. The Morgan fingerprint density at radius 2 is 1.88 bits per heavy atom. The summed E-state index contributed by atoms with van der Waals surface area (Å²) in [7, 11) is 3.03. The number of nitrogens with one attached hydrogen (secondary N) is 1. The van der Waals surface area contributed by atoms with Crippen molar-refractivity contribution in [3.8, 4) is 23.0 Å². The normalized spacial score (nSPS) is 12.0. The Balaban J connectivity index is 1.64. The number of rotatable bonds is 6. The molecule has 0 aromatic heterocycles. The molecule has 0 saturated heterocycles. The van der Waals surface area contributed by atoms with Crippen molar-refractivity contribution in [2.45, 2.75) is 12.8 Å². The first-order valence-electron chi connectivity index (χ1n) is 7.70. The molecule has 0 unspecified atom stereocenters. The number of hydrogen-bond donors (Lipinski definition) is 1. The minimum Gasteiger partial charge on any atom is -0.495 e. The second-order valence-electron chi connectivity index (χ2n) is 5.42. The van der Waals surface area contributed by atoms with Crippen LogP contribution in [0.2, 0.25) is 5.02 Å². The molecule has 0 aliphatic carbocycles. The first-order valence-corrected chi connectivity index (χ1v) is 8.08. The summed E-state index contributed by atoms with van der Waals surface area (Å²) in [6.45, 7) is 0.234. The number of ether oxygens (including phenoxy) is 4. The number of halogens is 1. The van der Waals surface area contributed by atoms with Crippen LogP contribution in [0.5, 0.6) is 23.0 Å². The Hall–Kier alpha value is -2.60. The van der Waals surface area contributed by atoms with E-state index in [-0.39, 0.29) is 12.7 Å². The maximum Gasteiger partial charge on any atom is 0.231 e. The number of carbonyl (C=O) groups is 1. The molecule has 0 atom stereocenters. The third-order valence-corrected chi connectivity index (χ3v) is 4.12. The number of fused-ring (bicyclic) bond motifs is 1. The zero-order chi connectivity index (χ0) is 17.8. The SMILES string of the molecule is COc1cc(NC(=O)CCc2ccc3c(c2)OCO3)c(OC)cc1Cl. The van der Waals surface area contributed by atoms with Crippen molar-refractivity contribution in [2.24, 2.45) is 0 Å². The lowest BCUT2D eigenvalue weighted by atomic mass is 10.1. The van der Waals surface area contributed by atoms with E-state index in [1.807, 2.05) is 18.2 Å². The zero-order valence-corrected chi connectivity index (χ0v) is 14.7. The molecule has 1 N–H and O–H groups in total.